The number of benzene rings is 1. The number of amides is 2. The van der Waals surface area contributed by atoms with E-state index in [-0.39, 0.29) is 18.1 Å². The molecular weight excluding hydrogens is 266 g/mol. The molecule has 0 aliphatic heterocycles. The van der Waals surface area contributed by atoms with Crippen LogP contribution in [0.2, 0.25) is 0 Å². The van der Waals surface area contributed by atoms with E-state index in [9.17, 15) is 4.79 Å². The smallest absolute Gasteiger partial charge is 0.319 e. The van der Waals surface area contributed by atoms with E-state index in [0.29, 0.717) is 0 Å². The van der Waals surface area contributed by atoms with E-state index in [4.69, 9.17) is 0 Å². The van der Waals surface area contributed by atoms with E-state index in [0.717, 1.165) is 17.1 Å². The molecule has 1 aromatic heterocycles. The predicted molar refractivity (Wildman–Crippen MR) is 83.1 cm³/mol. The molecule has 2 rings (SSSR count). The van der Waals surface area contributed by atoms with Crippen LogP contribution >= 0.6 is 0 Å². The summed E-state index contributed by atoms with van der Waals surface area (Å²) in [5, 5.41) is 8.84. The van der Waals surface area contributed by atoms with E-state index in [1.807, 2.05) is 38.2 Å². The minimum atomic E-state index is -0.256. The fourth-order valence-electron chi connectivity index (χ4n) is 2.00. The fourth-order valence-corrected chi connectivity index (χ4v) is 2.00. The molecule has 0 spiro atoms. The monoisotopic (exact) mass is 287 g/mol. The van der Waals surface area contributed by atoms with Crippen molar-refractivity contribution < 1.29 is 4.79 Å². The summed E-state index contributed by atoms with van der Waals surface area (Å²) in [5.41, 5.74) is 1.88. The molecule has 4 N–H and O–H groups in total. The highest BCUT2D eigenvalue weighted by atomic mass is 16.2. The first kappa shape index (κ1) is 15.1. The van der Waals surface area contributed by atoms with Gasteiger partial charge >= 0.3 is 6.03 Å². The van der Waals surface area contributed by atoms with Gasteiger partial charge in [0.1, 0.15) is 5.82 Å². The highest BCUT2D eigenvalue weighted by Gasteiger charge is 2.11. The zero-order valence-electron chi connectivity index (χ0n) is 12.5. The number of anilines is 1. The molecule has 0 aliphatic rings. The van der Waals surface area contributed by atoms with Crippen molar-refractivity contribution in [1.82, 2.24) is 20.6 Å². The molecule has 0 saturated carbocycles. The SMILES string of the molecule is CNC(C)c1cccc(NC(=O)NC(C)c2ncc[nH]2)c1. The van der Waals surface area contributed by atoms with Crippen LogP contribution in [0.25, 0.3) is 0 Å². The predicted octanol–water partition coefficient (Wildman–Crippen LogP) is 2.57. The van der Waals surface area contributed by atoms with Gasteiger partial charge in [0.2, 0.25) is 0 Å². The van der Waals surface area contributed by atoms with Crippen LogP contribution in [0.3, 0.4) is 0 Å². The van der Waals surface area contributed by atoms with Gasteiger partial charge in [-0.15, -0.1) is 0 Å². The van der Waals surface area contributed by atoms with Gasteiger partial charge in [0.25, 0.3) is 0 Å². The maximum Gasteiger partial charge on any atom is 0.319 e. The van der Waals surface area contributed by atoms with Gasteiger partial charge in [-0.2, -0.15) is 0 Å². The normalized spacial score (nSPS) is 13.5. The summed E-state index contributed by atoms with van der Waals surface area (Å²) in [4.78, 5) is 19.1. The van der Waals surface area contributed by atoms with Crippen molar-refractivity contribution >= 4 is 11.7 Å². The molecule has 1 aromatic carbocycles. The third kappa shape index (κ3) is 4.06. The maximum atomic E-state index is 12.0. The van der Waals surface area contributed by atoms with Crippen LogP contribution in [0.1, 0.15) is 37.3 Å². The first-order chi connectivity index (χ1) is 10.1. The lowest BCUT2D eigenvalue weighted by atomic mass is 10.1. The van der Waals surface area contributed by atoms with Crippen molar-refractivity contribution in [3.05, 3.63) is 48.0 Å². The second kappa shape index (κ2) is 6.90. The van der Waals surface area contributed by atoms with Crippen molar-refractivity contribution in [1.29, 1.82) is 0 Å². The molecule has 21 heavy (non-hydrogen) atoms. The number of carbonyl (C=O) groups excluding carboxylic acids is 1. The molecule has 0 aliphatic carbocycles. The molecule has 0 fully saturated rings. The maximum absolute atomic E-state index is 12.0. The Balaban J connectivity index is 1.96. The van der Waals surface area contributed by atoms with Crippen LogP contribution in [0, 0.1) is 0 Å². The standard InChI is InChI=1S/C15H21N5O/c1-10(16-3)12-5-4-6-13(9-12)20-15(21)19-11(2)14-17-7-8-18-14/h4-11,16H,1-3H3,(H,17,18)(H2,19,20,21). The van der Waals surface area contributed by atoms with E-state index in [1.54, 1.807) is 12.4 Å². The Kier molecular flexibility index (Phi) is 4.94. The van der Waals surface area contributed by atoms with Crippen molar-refractivity contribution in [3.8, 4) is 0 Å². The zero-order chi connectivity index (χ0) is 15.2. The van der Waals surface area contributed by atoms with E-state index >= 15 is 0 Å². The highest BCUT2D eigenvalue weighted by molar-refractivity contribution is 5.89. The summed E-state index contributed by atoms with van der Waals surface area (Å²) in [5.74, 6) is 0.725. The number of carbonyl (C=O) groups is 1. The summed E-state index contributed by atoms with van der Waals surface area (Å²) < 4.78 is 0. The number of urea groups is 1. The number of aromatic nitrogens is 2. The Morgan fingerprint density at radius 1 is 1.29 bits per heavy atom. The summed E-state index contributed by atoms with van der Waals surface area (Å²) >= 11 is 0. The average molecular weight is 287 g/mol. The van der Waals surface area contributed by atoms with E-state index in [2.05, 4.69) is 32.8 Å². The number of imidazole rings is 1. The molecule has 2 aromatic rings. The molecule has 2 unspecified atom stereocenters. The van der Waals surface area contributed by atoms with Gasteiger partial charge in [-0.25, -0.2) is 9.78 Å². The third-order valence-electron chi connectivity index (χ3n) is 3.35. The summed E-state index contributed by atoms with van der Waals surface area (Å²) in [6.45, 7) is 3.94. The Bertz CT molecular complexity index is 582. The van der Waals surface area contributed by atoms with Crippen molar-refractivity contribution in [2.75, 3.05) is 12.4 Å². The average Bonchev–Trinajstić information content (AvgIpc) is 3.00. The summed E-state index contributed by atoms with van der Waals surface area (Å²) in [6, 6.07) is 7.57. The van der Waals surface area contributed by atoms with Gasteiger partial charge in [-0.05, 0) is 38.6 Å². The van der Waals surface area contributed by atoms with Crippen LogP contribution in [0.15, 0.2) is 36.7 Å². The molecule has 2 atom stereocenters. The van der Waals surface area contributed by atoms with Crippen molar-refractivity contribution in [2.45, 2.75) is 25.9 Å². The largest absolute Gasteiger partial charge is 0.347 e. The number of aromatic amines is 1. The van der Waals surface area contributed by atoms with Crippen LogP contribution in [-0.2, 0) is 0 Å². The molecule has 0 bridgehead atoms. The summed E-state index contributed by atoms with van der Waals surface area (Å²) in [7, 11) is 1.91. The highest BCUT2D eigenvalue weighted by Crippen LogP contribution is 2.17. The number of H-pyrrole nitrogens is 1. The lowest BCUT2D eigenvalue weighted by molar-refractivity contribution is 0.249. The quantitative estimate of drug-likeness (QED) is 0.682. The molecule has 1 heterocycles. The Morgan fingerprint density at radius 2 is 2.10 bits per heavy atom. The number of nitrogens with zero attached hydrogens (tertiary/aromatic N) is 1. The second-order valence-electron chi connectivity index (χ2n) is 4.93. The van der Waals surface area contributed by atoms with Crippen molar-refractivity contribution in [2.24, 2.45) is 0 Å². The first-order valence-electron chi connectivity index (χ1n) is 6.94. The molecule has 112 valence electrons. The molecular formula is C15H21N5O. The molecule has 0 radical (unpaired) electrons. The fraction of sp³-hybridized carbons (Fsp3) is 0.333. The minimum Gasteiger partial charge on any atom is -0.347 e. The number of hydrogen-bond donors (Lipinski definition) is 4. The van der Waals surface area contributed by atoms with Gasteiger partial charge in [0, 0.05) is 24.1 Å². The lowest BCUT2D eigenvalue weighted by Gasteiger charge is -2.15. The van der Waals surface area contributed by atoms with Crippen LogP contribution in [0.4, 0.5) is 10.5 Å². The molecule has 6 nitrogen and oxygen atoms in total. The lowest BCUT2D eigenvalue weighted by Crippen LogP contribution is -2.31. The van der Waals surface area contributed by atoms with E-state index in [1.165, 1.54) is 0 Å². The second-order valence-corrected chi connectivity index (χ2v) is 4.93. The van der Waals surface area contributed by atoms with E-state index < -0.39 is 0 Å². The number of hydrogen-bond acceptors (Lipinski definition) is 3. The molecule has 6 heteroatoms. The Hall–Kier alpha value is -2.34. The number of rotatable bonds is 5. The molecule has 2 amide bonds. The van der Waals surface area contributed by atoms with Gasteiger partial charge in [0.15, 0.2) is 0 Å². The topological polar surface area (TPSA) is 81.8 Å². The third-order valence-corrected chi connectivity index (χ3v) is 3.35. The van der Waals surface area contributed by atoms with Crippen LogP contribution in [0.5, 0.6) is 0 Å². The van der Waals surface area contributed by atoms with Gasteiger partial charge in [0.05, 0.1) is 6.04 Å². The summed E-state index contributed by atoms with van der Waals surface area (Å²) in [6.07, 6.45) is 3.39. The van der Waals surface area contributed by atoms with Gasteiger partial charge in [-0.3, -0.25) is 0 Å². The molecule has 0 saturated heterocycles. The Morgan fingerprint density at radius 3 is 2.76 bits per heavy atom. The Labute approximate surface area is 124 Å². The van der Waals surface area contributed by atoms with Crippen molar-refractivity contribution in [3.63, 3.8) is 0 Å². The van der Waals surface area contributed by atoms with Crippen LogP contribution < -0.4 is 16.0 Å². The zero-order valence-corrected chi connectivity index (χ0v) is 12.5. The first-order valence-corrected chi connectivity index (χ1v) is 6.94. The minimum absolute atomic E-state index is 0.181. The van der Waals surface area contributed by atoms with Gasteiger partial charge in [-0.1, -0.05) is 12.1 Å². The number of nitrogens with one attached hydrogen (secondary N) is 4. The van der Waals surface area contributed by atoms with Crippen LogP contribution in [-0.4, -0.2) is 23.0 Å². The van der Waals surface area contributed by atoms with Gasteiger partial charge < -0.3 is 20.9 Å².